The number of thioether (sulfide) groups is 1. The van der Waals surface area contributed by atoms with Gasteiger partial charge in [-0.05, 0) is 37.1 Å². The Morgan fingerprint density at radius 2 is 1.96 bits per heavy atom. The molecule has 3 saturated heterocycles. The Balaban J connectivity index is 1.68. The summed E-state index contributed by atoms with van der Waals surface area (Å²) < 4.78 is 0. The normalized spacial score (nSPS) is 22.8. The second-order valence-electron chi connectivity index (χ2n) is 7.36. The summed E-state index contributed by atoms with van der Waals surface area (Å²) >= 11 is 1.63. The van der Waals surface area contributed by atoms with Gasteiger partial charge < -0.3 is 15.1 Å². The number of benzene rings is 1. The summed E-state index contributed by atoms with van der Waals surface area (Å²) in [5.74, 6) is 0.557. The second-order valence-corrected chi connectivity index (χ2v) is 8.21. The lowest BCUT2D eigenvalue weighted by atomic mass is 9.95. The number of nitrogens with one attached hydrogen (secondary N) is 1. The summed E-state index contributed by atoms with van der Waals surface area (Å²) in [5, 5.41) is 3.09. The van der Waals surface area contributed by atoms with E-state index in [-0.39, 0.29) is 18.0 Å². The fraction of sp³-hybridized carbons (Fsp3) is 0.579. The molecule has 2 bridgehead atoms. The Hall–Kier alpha value is -1.73. The van der Waals surface area contributed by atoms with Crippen LogP contribution in [-0.4, -0.2) is 79.2 Å². The molecular weight excluding hydrogens is 348 g/mol. The van der Waals surface area contributed by atoms with Crippen molar-refractivity contribution >= 4 is 29.4 Å². The molecule has 3 fully saturated rings. The Morgan fingerprint density at radius 3 is 2.69 bits per heavy atom. The van der Waals surface area contributed by atoms with Crippen LogP contribution in [-0.2, 0) is 4.79 Å². The van der Waals surface area contributed by atoms with Crippen LogP contribution in [0.15, 0.2) is 29.2 Å². The first-order valence-corrected chi connectivity index (χ1v) is 10.3. The topological polar surface area (TPSA) is 55.9 Å². The number of nitrogens with zero attached hydrogens (tertiary/aromatic N) is 3. The molecule has 4 rings (SSSR count). The lowest BCUT2D eigenvalue weighted by Gasteiger charge is -2.36. The molecule has 0 spiro atoms. The van der Waals surface area contributed by atoms with Gasteiger partial charge in [0, 0.05) is 44.7 Å². The summed E-state index contributed by atoms with van der Waals surface area (Å²) in [6.45, 7) is 2.87. The summed E-state index contributed by atoms with van der Waals surface area (Å²) in [4.78, 5) is 31.9. The monoisotopic (exact) mass is 376 g/mol. The van der Waals surface area contributed by atoms with Crippen molar-refractivity contribution in [1.29, 1.82) is 0 Å². The lowest BCUT2D eigenvalue weighted by Crippen LogP contribution is -2.49. The third-order valence-corrected chi connectivity index (χ3v) is 6.05. The van der Waals surface area contributed by atoms with Crippen molar-refractivity contribution in [3.63, 3.8) is 0 Å². The Morgan fingerprint density at radius 1 is 1.19 bits per heavy atom. The fourth-order valence-corrected chi connectivity index (χ4v) is 4.38. The van der Waals surface area contributed by atoms with Crippen LogP contribution >= 0.6 is 11.8 Å². The summed E-state index contributed by atoms with van der Waals surface area (Å²) in [6.07, 6.45) is 4.15. The molecule has 1 aromatic carbocycles. The lowest BCUT2D eigenvalue weighted by molar-refractivity contribution is -0.129. The van der Waals surface area contributed by atoms with Gasteiger partial charge >= 0.3 is 6.03 Å². The van der Waals surface area contributed by atoms with E-state index in [0.29, 0.717) is 12.5 Å². The van der Waals surface area contributed by atoms with Gasteiger partial charge in [0.05, 0.1) is 12.2 Å². The van der Waals surface area contributed by atoms with Gasteiger partial charge in [0.2, 0.25) is 5.91 Å². The Bertz CT molecular complexity index is 667. The van der Waals surface area contributed by atoms with Crippen LogP contribution in [0.2, 0.25) is 0 Å². The van der Waals surface area contributed by atoms with E-state index >= 15 is 0 Å². The molecule has 3 amide bonds. The molecule has 0 unspecified atom stereocenters. The van der Waals surface area contributed by atoms with Crippen molar-refractivity contribution in [2.24, 2.45) is 5.92 Å². The number of rotatable bonds is 4. The molecule has 7 heteroatoms. The largest absolute Gasteiger partial charge is 0.348 e. The van der Waals surface area contributed by atoms with Crippen LogP contribution in [0.3, 0.4) is 0 Å². The van der Waals surface area contributed by atoms with E-state index in [1.165, 1.54) is 0 Å². The molecule has 142 valence electrons. The average molecular weight is 377 g/mol. The molecule has 0 radical (unpaired) electrons. The van der Waals surface area contributed by atoms with Crippen LogP contribution in [0, 0.1) is 5.92 Å². The predicted octanol–water partition coefficient (Wildman–Crippen LogP) is 2.42. The van der Waals surface area contributed by atoms with E-state index in [0.717, 1.165) is 43.1 Å². The van der Waals surface area contributed by atoms with Gasteiger partial charge in [-0.15, -0.1) is 11.8 Å². The number of carbonyl (C=O) groups is 2. The van der Waals surface area contributed by atoms with Gasteiger partial charge in [-0.25, -0.2) is 4.79 Å². The zero-order chi connectivity index (χ0) is 18.7. The third-order valence-electron chi connectivity index (χ3n) is 5.26. The summed E-state index contributed by atoms with van der Waals surface area (Å²) in [5.41, 5.74) is 0.866. The number of piperidine rings is 1. The van der Waals surface area contributed by atoms with Gasteiger partial charge in [0.1, 0.15) is 0 Å². The van der Waals surface area contributed by atoms with Crippen LogP contribution in [0.1, 0.15) is 12.8 Å². The van der Waals surface area contributed by atoms with Gasteiger partial charge in [-0.3, -0.25) is 9.69 Å². The van der Waals surface area contributed by atoms with Crippen molar-refractivity contribution < 1.29 is 9.59 Å². The SMILES string of the molecule is CSc1ccccc1NC(=O)N1C[C@@H]2CC[C@H]1CN(CC(=O)N(C)C)C2. The molecule has 3 heterocycles. The minimum atomic E-state index is -0.0259. The van der Waals surface area contributed by atoms with Gasteiger partial charge in [0.25, 0.3) is 0 Å². The maximum Gasteiger partial charge on any atom is 0.322 e. The molecule has 1 N–H and O–H groups in total. The number of para-hydroxylation sites is 1. The minimum absolute atomic E-state index is 0.0259. The molecule has 3 aliphatic heterocycles. The number of carbonyl (C=O) groups excluding carboxylic acids is 2. The number of amides is 3. The number of likely N-dealkylation sites (N-methyl/N-ethyl adjacent to an activating group) is 1. The van der Waals surface area contributed by atoms with Crippen molar-refractivity contribution in [2.45, 2.75) is 23.8 Å². The predicted molar refractivity (Wildman–Crippen MR) is 106 cm³/mol. The highest BCUT2D eigenvalue weighted by Crippen LogP contribution is 2.30. The van der Waals surface area contributed by atoms with Crippen molar-refractivity contribution in [1.82, 2.24) is 14.7 Å². The second kappa shape index (κ2) is 8.31. The van der Waals surface area contributed by atoms with Gasteiger partial charge in [0.15, 0.2) is 0 Å². The highest BCUT2D eigenvalue weighted by atomic mass is 32.2. The van der Waals surface area contributed by atoms with Crippen LogP contribution in [0.25, 0.3) is 0 Å². The number of hydrogen-bond acceptors (Lipinski definition) is 4. The molecule has 26 heavy (non-hydrogen) atoms. The smallest absolute Gasteiger partial charge is 0.322 e. The van der Waals surface area contributed by atoms with Crippen molar-refractivity contribution in [3.8, 4) is 0 Å². The summed E-state index contributed by atoms with van der Waals surface area (Å²) in [7, 11) is 3.58. The van der Waals surface area contributed by atoms with Gasteiger partial charge in [-0.1, -0.05) is 12.1 Å². The summed E-state index contributed by atoms with van der Waals surface area (Å²) in [6, 6.07) is 8.03. The quantitative estimate of drug-likeness (QED) is 0.820. The first-order valence-electron chi connectivity index (χ1n) is 9.11. The number of hydrogen-bond donors (Lipinski definition) is 1. The molecule has 3 aliphatic rings. The zero-order valence-corrected chi connectivity index (χ0v) is 16.6. The van der Waals surface area contributed by atoms with E-state index in [1.807, 2.05) is 35.4 Å². The van der Waals surface area contributed by atoms with Crippen LogP contribution < -0.4 is 5.32 Å². The highest BCUT2D eigenvalue weighted by molar-refractivity contribution is 7.98. The molecular formula is C19H28N4O2S. The fourth-order valence-electron chi connectivity index (χ4n) is 3.82. The molecule has 6 nitrogen and oxygen atoms in total. The first-order chi connectivity index (χ1) is 12.5. The Labute approximate surface area is 159 Å². The number of anilines is 1. The number of urea groups is 1. The van der Waals surface area contributed by atoms with Crippen LogP contribution in [0.5, 0.6) is 0 Å². The van der Waals surface area contributed by atoms with Gasteiger partial charge in [-0.2, -0.15) is 0 Å². The first kappa shape index (κ1) is 19.0. The maximum absolute atomic E-state index is 12.9. The molecule has 2 atom stereocenters. The maximum atomic E-state index is 12.9. The average Bonchev–Trinajstić information content (AvgIpc) is 2.92. The van der Waals surface area contributed by atoms with Crippen molar-refractivity contribution in [3.05, 3.63) is 24.3 Å². The third kappa shape index (κ3) is 4.32. The van der Waals surface area contributed by atoms with E-state index in [2.05, 4.69) is 10.2 Å². The van der Waals surface area contributed by atoms with Crippen molar-refractivity contribution in [2.75, 3.05) is 51.8 Å². The molecule has 0 aromatic heterocycles. The number of fused-ring (bicyclic) bond motifs is 4. The highest BCUT2D eigenvalue weighted by Gasteiger charge is 2.37. The van der Waals surface area contributed by atoms with E-state index < -0.39 is 0 Å². The Kier molecular flexibility index (Phi) is 6.09. The molecule has 1 aromatic rings. The molecule has 0 aliphatic carbocycles. The standard InChI is InChI=1S/C19H28N4O2S/c1-21(2)18(24)13-22-10-14-8-9-15(12-22)23(11-14)19(25)20-16-6-4-5-7-17(16)26-3/h4-7,14-15H,8-13H2,1-3H3,(H,20,25)/t14-,15+/m1/s1. The van der Waals surface area contributed by atoms with E-state index in [1.54, 1.807) is 30.8 Å². The van der Waals surface area contributed by atoms with Crippen LogP contribution in [0.4, 0.5) is 10.5 Å². The van der Waals surface area contributed by atoms with E-state index in [9.17, 15) is 9.59 Å². The van der Waals surface area contributed by atoms with E-state index in [4.69, 9.17) is 0 Å². The minimum Gasteiger partial charge on any atom is -0.348 e. The molecule has 0 saturated carbocycles. The zero-order valence-electron chi connectivity index (χ0n) is 15.8.